The van der Waals surface area contributed by atoms with Gasteiger partial charge >= 0.3 is 10.4 Å². The Labute approximate surface area is 258 Å². The van der Waals surface area contributed by atoms with Crippen LogP contribution in [0.3, 0.4) is 0 Å². The highest BCUT2D eigenvalue weighted by Gasteiger charge is 1.96. The molecule has 0 aromatic heterocycles. The second-order valence-electron chi connectivity index (χ2n) is 8.71. The normalized spacial score (nSPS) is 11.5. The summed E-state index contributed by atoms with van der Waals surface area (Å²) in [5.74, 6) is 0. The molecule has 0 radical (unpaired) electrons. The van der Waals surface area contributed by atoms with E-state index >= 15 is 0 Å². The van der Waals surface area contributed by atoms with Gasteiger partial charge in [-0.2, -0.15) is 8.42 Å². The predicted octanol–water partition coefficient (Wildman–Crippen LogP) is 1.46. The Bertz CT molecular complexity index is 555. The van der Waals surface area contributed by atoms with E-state index < -0.39 is 10.4 Å². The van der Waals surface area contributed by atoms with Crippen LogP contribution in [0.15, 0.2) is 0 Å². The Kier molecular flexibility index (Phi) is 40.9. The number of aliphatic hydroxyl groups is 1. The quantitative estimate of drug-likeness (QED) is 0.0658. The zero-order valence-corrected chi connectivity index (χ0v) is 26.9. The second kappa shape index (κ2) is 39.5. The van der Waals surface area contributed by atoms with Gasteiger partial charge < -0.3 is 52.5 Å². The molecule has 15 nitrogen and oxygen atoms in total. The molecule has 16 heteroatoms. The fraction of sp³-hybridized carbons (Fsp3) is 1.00. The van der Waals surface area contributed by atoms with E-state index in [-0.39, 0.29) is 6.61 Å². The van der Waals surface area contributed by atoms with Crippen molar-refractivity contribution < 1.29 is 70.0 Å². The number of unbranched alkanes of at least 4 members (excludes halogenated alkanes) is 4. The molecule has 0 bridgehead atoms. The van der Waals surface area contributed by atoms with E-state index in [4.69, 9.17) is 70.0 Å². The van der Waals surface area contributed by atoms with Gasteiger partial charge in [-0.3, -0.25) is 9.11 Å². The summed E-state index contributed by atoms with van der Waals surface area (Å²) in [7, 11) is -4.67. The third-order valence-electron chi connectivity index (χ3n) is 4.98. The fourth-order valence-electron chi connectivity index (χ4n) is 2.95. The molecule has 0 aliphatic rings. The van der Waals surface area contributed by atoms with Crippen molar-refractivity contribution in [3.63, 3.8) is 0 Å². The molecular formula is C27H58O15S. The zero-order valence-electron chi connectivity index (χ0n) is 26.0. The number of hydrogen-bond donors (Lipinski definition) is 3. The van der Waals surface area contributed by atoms with Crippen LogP contribution < -0.4 is 0 Å². The Balaban J connectivity index is 0. The van der Waals surface area contributed by atoms with E-state index in [0.29, 0.717) is 126 Å². The SMILES string of the molecule is CCCCCCCOCCOCCOCCOCCOCCOCCOCCOCCOCCOCCO.O=S(=O)(O)O. The molecule has 0 unspecified atom stereocenters. The van der Waals surface area contributed by atoms with Gasteiger partial charge in [0.05, 0.1) is 132 Å². The Morgan fingerprint density at radius 3 is 0.814 bits per heavy atom. The minimum atomic E-state index is -4.67. The molecule has 0 fully saturated rings. The summed E-state index contributed by atoms with van der Waals surface area (Å²) in [6.07, 6.45) is 6.28. The largest absolute Gasteiger partial charge is 0.394 e. The first-order valence-corrected chi connectivity index (χ1v) is 16.4. The lowest BCUT2D eigenvalue weighted by Crippen LogP contribution is -2.15. The Morgan fingerprint density at radius 2 is 0.581 bits per heavy atom. The lowest BCUT2D eigenvalue weighted by Gasteiger charge is -2.09. The summed E-state index contributed by atoms with van der Waals surface area (Å²) in [6.45, 7) is 13.0. The lowest BCUT2D eigenvalue weighted by atomic mass is 10.2. The summed E-state index contributed by atoms with van der Waals surface area (Å²) in [5, 5.41) is 8.56. The van der Waals surface area contributed by atoms with Crippen LogP contribution in [-0.2, 0) is 57.8 Å². The van der Waals surface area contributed by atoms with Crippen LogP contribution in [0.1, 0.15) is 39.0 Å². The van der Waals surface area contributed by atoms with E-state index in [9.17, 15) is 0 Å². The van der Waals surface area contributed by atoms with Gasteiger partial charge in [0, 0.05) is 6.61 Å². The summed E-state index contributed by atoms with van der Waals surface area (Å²) in [5.41, 5.74) is 0. The van der Waals surface area contributed by atoms with Crippen LogP contribution in [0.4, 0.5) is 0 Å². The predicted molar refractivity (Wildman–Crippen MR) is 158 cm³/mol. The summed E-state index contributed by atoms with van der Waals surface area (Å²) >= 11 is 0. The van der Waals surface area contributed by atoms with Crippen molar-refractivity contribution in [2.45, 2.75) is 39.0 Å². The van der Waals surface area contributed by atoms with Crippen LogP contribution in [-0.4, -0.2) is 161 Å². The average molecular weight is 655 g/mol. The maximum absolute atomic E-state index is 8.74. The number of aliphatic hydroxyl groups excluding tert-OH is 1. The first-order valence-electron chi connectivity index (χ1n) is 15.0. The maximum atomic E-state index is 8.74. The zero-order chi connectivity index (χ0) is 32.0. The molecule has 3 N–H and O–H groups in total. The molecule has 0 spiro atoms. The average Bonchev–Trinajstić information content (AvgIpc) is 2.96. The maximum Gasteiger partial charge on any atom is 0.394 e. The van der Waals surface area contributed by atoms with Crippen LogP contribution in [0.5, 0.6) is 0 Å². The van der Waals surface area contributed by atoms with Crippen LogP contribution >= 0.6 is 0 Å². The first kappa shape index (κ1) is 44.6. The highest BCUT2D eigenvalue weighted by atomic mass is 32.3. The van der Waals surface area contributed by atoms with Gasteiger partial charge in [-0.25, -0.2) is 0 Å². The summed E-state index contributed by atoms with van der Waals surface area (Å²) in [6, 6.07) is 0. The minimum absolute atomic E-state index is 0.0302. The Morgan fingerprint density at radius 1 is 0.372 bits per heavy atom. The van der Waals surface area contributed by atoms with Crippen molar-refractivity contribution in [1.82, 2.24) is 0 Å². The van der Waals surface area contributed by atoms with E-state index in [1.807, 2.05) is 0 Å². The smallest absolute Gasteiger partial charge is 0.394 e. The van der Waals surface area contributed by atoms with Gasteiger partial charge in [0.2, 0.25) is 0 Å². The summed E-state index contributed by atoms with van der Waals surface area (Å²) in [4.78, 5) is 0. The fourth-order valence-corrected chi connectivity index (χ4v) is 2.95. The van der Waals surface area contributed by atoms with Crippen LogP contribution in [0, 0.1) is 0 Å². The number of ether oxygens (including phenoxy) is 10. The molecule has 0 atom stereocenters. The second-order valence-corrected chi connectivity index (χ2v) is 9.61. The van der Waals surface area contributed by atoms with Crippen molar-refractivity contribution in [3.8, 4) is 0 Å². The van der Waals surface area contributed by atoms with Gasteiger partial charge in [-0.05, 0) is 6.42 Å². The molecule has 0 amide bonds. The first-order chi connectivity index (χ1) is 20.9. The summed E-state index contributed by atoms with van der Waals surface area (Å²) < 4.78 is 85.7. The number of rotatable bonds is 35. The number of hydrogen-bond acceptors (Lipinski definition) is 13. The minimum Gasteiger partial charge on any atom is -0.394 e. The highest BCUT2D eigenvalue weighted by molar-refractivity contribution is 7.79. The molecule has 0 saturated heterocycles. The van der Waals surface area contributed by atoms with Gasteiger partial charge in [0.25, 0.3) is 0 Å². The van der Waals surface area contributed by atoms with Crippen LogP contribution in [0.25, 0.3) is 0 Å². The standard InChI is InChI=1S/C27H56O11.H2O4S/c1-2-3-4-5-6-8-29-10-12-31-14-16-33-18-20-35-22-24-37-26-27-38-25-23-36-21-19-34-17-15-32-13-11-30-9-7-28;1-5(2,3)4/h28H,2-27H2,1H3;(H2,1,2,3,4). The van der Waals surface area contributed by atoms with Crippen molar-refractivity contribution in [1.29, 1.82) is 0 Å². The van der Waals surface area contributed by atoms with Gasteiger partial charge in [-0.1, -0.05) is 32.6 Å². The van der Waals surface area contributed by atoms with Crippen molar-refractivity contribution in [2.24, 2.45) is 0 Å². The third kappa shape index (κ3) is 54.3. The van der Waals surface area contributed by atoms with E-state index in [1.165, 1.54) is 25.7 Å². The van der Waals surface area contributed by atoms with Gasteiger partial charge in [-0.15, -0.1) is 0 Å². The molecule has 0 aromatic carbocycles. The highest BCUT2D eigenvalue weighted by Crippen LogP contribution is 2.02. The van der Waals surface area contributed by atoms with Gasteiger partial charge in [0.15, 0.2) is 0 Å². The van der Waals surface area contributed by atoms with Gasteiger partial charge in [0.1, 0.15) is 0 Å². The molecule has 262 valence electrons. The molecular weight excluding hydrogens is 596 g/mol. The monoisotopic (exact) mass is 654 g/mol. The topological polar surface area (TPSA) is 187 Å². The Hall–Kier alpha value is -0.570. The lowest BCUT2D eigenvalue weighted by molar-refractivity contribution is -0.0268. The van der Waals surface area contributed by atoms with Crippen molar-refractivity contribution in [2.75, 3.05) is 139 Å². The molecule has 0 heterocycles. The molecule has 0 aromatic rings. The molecule has 0 rings (SSSR count). The molecule has 0 saturated carbocycles. The third-order valence-corrected chi connectivity index (χ3v) is 4.98. The van der Waals surface area contributed by atoms with Crippen LogP contribution in [0.2, 0.25) is 0 Å². The van der Waals surface area contributed by atoms with Crippen molar-refractivity contribution in [3.05, 3.63) is 0 Å². The molecule has 0 aliphatic heterocycles. The van der Waals surface area contributed by atoms with E-state index in [1.54, 1.807) is 0 Å². The molecule has 43 heavy (non-hydrogen) atoms. The van der Waals surface area contributed by atoms with Crippen molar-refractivity contribution >= 4 is 10.4 Å². The molecule has 0 aliphatic carbocycles. The van der Waals surface area contributed by atoms with E-state index in [0.717, 1.165) is 13.0 Å². The van der Waals surface area contributed by atoms with E-state index in [2.05, 4.69) is 6.92 Å².